The molecule has 1 aromatic carbocycles. The standard InChI is InChI=1S/C16H17N5O2S/c1-3-12(15(17)22)24-14-9-8-13-18-19-16(21(13)20-14)10-6-4-5-7-11(10)23-2/h4-9,12H,3H2,1-2H3,(H2,17,22). The summed E-state index contributed by atoms with van der Waals surface area (Å²) in [6.07, 6.45) is 0.640. The topological polar surface area (TPSA) is 95.4 Å². The van der Waals surface area contributed by atoms with Crippen LogP contribution in [0.2, 0.25) is 0 Å². The monoisotopic (exact) mass is 343 g/mol. The number of para-hydroxylation sites is 1. The van der Waals surface area contributed by atoms with Gasteiger partial charge in [-0.25, -0.2) is 0 Å². The van der Waals surface area contributed by atoms with E-state index in [2.05, 4.69) is 15.3 Å². The fraction of sp³-hybridized carbons (Fsp3) is 0.250. The van der Waals surface area contributed by atoms with Gasteiger partial charge in [0.2, 0.25) is 5.91 Å². The lowest BCUT2D eigenvalue weighted by Gasteiger charge is -2.10. The first-order valence-corrected chi connectivity index (χ1v) is 8.33. The molecule has 0 spiro atoms. The van der Waals surface area contributed by atoms with E-state index >= 15 is 0 Å². The second-order valence-electron chi connectivity index (χ2n) is 5.08. The number of hydrogen-bond acceptors (Lipinski definition) is 6. The second kappa shape index (κ2) is 6.88. The van der Waals surface area contributed by atoms with E-state index in [-0.39, 0.29) is 11.2 Å². The summed E-state index contributed by atoms with van der Waals surface area (Å²) in [4.78, 5) is 11.4. The Kier molecular flexibility index (Phi) is 4.66. The van der Waals surface area contributed by atoms with Gasteiger partial charge in [0.1, 0.15) is 10.8 Å². The number of rotatable bonds is 6. The number of nitrogens with two attached hydrogens (primary N) is 1. The highest BCUT2D eigenvalue weighted by atomic mass is 32.2. The van der Waals surface area contributed by atoms with Gasteiger partial charge in [-0.15, -0.1) is 10.2 Å². The number of methoxy groups -OCH3 is 1. The molecule has 1 atom stereocenters. The van der Waals surface area contributed by atoms with Gasteiger partial charge in [-0.3, -0.25) is 4.79 Å². The van der Waals surface area contributed by atoms with E-state index in [0.29, 0.717) is 28.7 Å². The lowest BCUT2D eigenvalue weighted by Crippen LogP contribution is -2.25. The molecule has 3 aromatic rings. The predicted molar refractivity (Wildman–Crippen MR) is 91.9 cm³/mol. The number of carbonyl (C=O) groups is 1. The lowest BCUT2D eigenvalue weighted by molar-refractivity contribution is -0.117. The quantitative estimate of drug-likeness (QED) is 0.689. The highest BCUT2D eigenvalue weighted by molar-refractivity contribution is 8.00. The van der Waals surface area contributed by atoms with Gasteiger partial charge in [-0.05, 0) is 30.7 Å². The Labute approximate surface area is 143 Å². The van der Waals surface area contributed by atoms with E-state index in [1.165, 1.54) is 11.8 Å². The molecule has 24 heavy (non-hydrogen) atoms. The minimum absolute atomic E-state index is 0.318. The number of hydrogen-bond donors (Lipinski definition) is 1. The number of ether oxygens (including phenoxy) is 1. The Bertz CT molecular complexity index is 880. The average Bonchev–Trinajstić information content (AvgIpc) is 3.02. The Hall–Kier alpha value is -2.61. The zero-order chi connectivity index (χ0) is 17.1. The zero-order valence-corrected chi connectivity index (χ0v) is 14.2. The third-order valence-electron chi connectivity index (χ3n) is 3.54. The van der Waals surface area contributed by atoms with Gasteiger partial charge >= 0.3 is 0 Å². The summed E-state index contributed by atoms with van der Waals surface area (Å²) in [6, 6.07) is 11.2. The van der Waals surface area contributed by atoms with Crippen molar-refractivity contribution in [3.05, 3.63) is 36.4 Å². The Morgan fingerprint density at radius 1 is 1.29 bits per heavy atom. The molecule has 2 N–H and O–H groups in total. The molecule has 124 valence electrons. The van der Waals surface area contributed by atoms with E-state index in [4.69, 9.17) is 10.5 Å². The minimum Gasteiger partial charge on any atom is -0.496 e. The van der Waals surface area contributed by atoms with Crippen molar-refractivity contribution < 1.29 is 9.53 Å². The van der Waals surface area contributed by atoms with Crippen LogP contribution in [0.25, 0.3) is 17.0 Å². The third-order valence-corrected chi connectivity index (χ3v) is 4.85. The number of amides is 1. The van der Waals surface area contributed by atoms with Gasteiger partial charge in [0.25, 0.3) is 0 Å². The Morgan fingerprint density at radius 3 is 2.79 bits per heavy atom. The maximum Gasteiger partial charge on any atom is 0.230 e. The van der Waals surface area contributed by atoms with Gasteiger partial charge in [0, 0.05) is 0 Å². The molecule has 0 aliphatic carbocycles. The molecule has 1 unspecified atom stereocenters. The van der Waals surface area contributed by atoms with Gasteiger partial charge in [-0.1, -0.05) is 30.8 Å². The molecular formula is C16H17N5O2S. The van der Waals surface area contributed by atoms with Crippen molar-refractivity contribution in [3.63, 3.8) is 0 Å². The molecule has 8 heteroatoms. The van der Waals surface area contributed by atoms with Crippen molar-refractivity contribution in [2.75, 3.05) is 7.11 Å². The largest absolute Gasteiger partial charge is 0.496 e. The molecule has 3 rings (SSSR count). The van der Waals surface area contributed by atoms with Crippen LogP contribution in [0.5, 0.6) is 5.75 Å². The highest BCUT2D eigenvalue weighted by Crippen LogP contribution is 2.29. The zero-order valence-electron chi connectivity index (χ0n) is 13.3. The summed E-state index contributed by atoms with van der Waals surface area (Å²) in [5.74, 6) is 0.922. The number of aromatic nitrogens is 4. The molecule has 7 nitrogen and oxygen atoms in total. The first-order chi connectivity index (χ1) is 11.6. The Morgan fingerprint density at radius 2 is 2.08 bits per heavy atom. The number of nitrogens with zero attached hydrogens (tertiary/aromatic N) is 4. The summed E-state index contributed by atoms with van der Waals surface area (Å²) in [5.41, 5.74) is 6.82. The molecular weight excluding hydrogens is 326 g/mol. The van der Waals surface area contributed by atoms with Crippen LogP contribution >= 0.6 is 11.8 Å². The fourth-order valence-electron chi connectivity index (χ4n) is 2.32. The van der Waals surface area contributed by atoms with Crippen molar-refractivity contribution in [2.45, 2.75) is 23.6 Å². The number of thioether (sulfide) groups is 1. The molecule has 0 bridgehead atoms. The van der Waals surface area contributed by atoms with Gasteiger partial charge in [-0.2, -0.15) is 9.61 Å². The molecule has 0 fully saturated rings. The van der Waals surface area contributed by atoms with E-state index in [9.17, 15) is 4.79 Å². The smallest absolute Gasteiger partial charge is 0.230 e. The van der Waals surface area contributed by atoms with Crippen molar-refractivity contribution in [3.8, 4) is 17.1 Å². The van der Waals surface area contributed by atoms with Crippen molar-refractivity contribution in [1.82, 2.24) is 19.8 Å². The van der Waals surface area contributed by atoms with Crippen LogP contribution in [-0.2, 0) is 4.79 Å². The molecule has 2 heterocycles. The predicted octanol–water partition coefficient (Wildman–Crippen LogP) is 2.16. The van der Waals surface area contributed by atoms with Crippen molar-refractivity contribution in [2.24, 2.45) is 5.73 Å². The van der Waals surface area contributed by atoms with Gasteiger partial charge in [0.05, 0.1) is 17.9 Å². The lowest BCUT2D eigenvalue weighted by atomic mass is 10.2. The molecule has 0 saturated carbocycles. The van der Waals surface area contributed by atoms with Crippen molar-refractivity contribution in [1.29, 1.82) is 0 Å². The summed E-state index contributed by atoms with van der Waals surface area (Å²) >= 11 is 1.34. The van der Waals surface area contributed by atoms with Crippen LogP contribution in [0.4, 0.5) is 0 Å². The molecule has 0 aliphatic rings. The Balaban J connectivity index is 2.05. The van der Waals surface area contributed by atoms with E-state index in [1.54, 1.807) is 11.6 Å². The molecule has 0 saturated heterocycles. The van der Waals surface area contributed by atoms with Crippen LogP contribution in [-0.4, -0.2) is 38.1 Å². The van der Waals surface area contributed by atoms with E-state index in [0.717, 1.165) is 5.56 Å². The fourth-order valence-corrected chi connectivity index (χ4v) is 3.17. The number of carbonyl (C=O) groups excluding carboxylic acids is 1. The van der Waals surface area contributed by atoms with Crippen LogP contribution < -0.4 is 10.5 Å². The van der Waals surface area contributed by atoms with Crippen LogP contribution in [0.1, 0.15) is 13.3 Å². The minimum atomic E-state index is -0.349. The molecule has 0 radical (unpaired) electrons. The van der Waals surface area contributed by atoms with Gasteiger partial charge in [0.15, 0.2) is 11.5 Å². The van der Waals surface area contributed by atoms with Crippen LogP contribution in [0, 0.1) is 0 Å². The first-order valence-electron chi connectivity index (χ1n) is 7.46. The van der Waals surface area contributed by atoms with Crippen molar-refractivity contribution >= 4 is 23.3 Å². The van der Waals surface area contributed by atoms with Crippen LogP contribution in [0.15, 0.2) is 41.4 Å². The SMILES string of the molecule is CCC(Sc1ccc2nnc(-c3ccccc3OC)n2n1)C(N)=O. The molecule has 1 amide bonds. The van der Waals surface area contributed by atoms with Gasteiger partial charge < -0.3 is 10.5 Å². The summed E-state index contributed by atoms with van der Waals surface area (Å²) in [6.45, 7) is 1.92. The first kappa shape index (κ1) is 16.3. The second-order valence-corrected chi connectivity index (χ2v) is 6.31. The average molecular weight is 343 g/mol. The van der Waals surface area contributed by atoms with E-state index < -0.39 is 0 Å². The summed E-state index contributed by atoms with van der Waals surface area (Å²) < 4.78 is 7.03. The maximum absolute atomic E-state index is 11.4. The number of benzene rings is 1. The number of primary amides is 1. The summed E-state index contributed by atoms with van der Waals surface area (Å²) in [7, 11) is 1.61. The third kappa shape index (κ3) is 3.05. The molecule has 0 aliphatic heterocycles. The maximum atomic E-state index is 11.4. The normalized spacial score (nSPS) is 12.2. The highest BCUT2D eigenvalue weighted by Gasteiger charge is 2.18. The number of fused-ring (bicyclic) bond motifs is 1. The van der Waals surface area contributed by atoms with Crippen LogP contribution in [0.3, 0.4) is 0 Å². The summed E-state index contributed by atoms with van der Waals surface area (Å²) in [5, 5.41) is 13.3. The molecule has 2 aromatic heterocycles. The van der Waals surface area contributed by atoms with E-state index in [1.807, 2.05) is 43.3 Å².